The predicted molar refractivity (Wildman–Crippen MR) is 61.7 cm³/mol. The Hall–Kier alpha value is -0.960. The van der Waals surface area contributed by atoms with E-state index in [0.29, 0.717) is 5.69 Å². The number of alkyl halides is 1. The van der Waals surface area contributed by atoms with E-state index in [4.69, 9.17) is 0 Å². The minimum atomic E-state index is 0.000915. The molecule has 0 aliphatic carbocycles. The topological polar surface area (TPSA) is 30.0 Å². The highest BCUT2D eigenvalue weighted by atomic mass is 79.9. The van der Waals surface area contributed by atoms with Gasteiger partial charge in [0.25, 0.3) is 0 Å². The summed E-state index contributed by atoms with van der Waals surface area (Å²) in [6, 6.07) is 3.64. The van der Waals surface area contributed by atoms with Crippen LogP contribution in [0.2, 0.25) is 0 Å². The zero-order valence-corrected chi connectivity index (χ0v) is 9.62. The van der Waals surface area contributed by atoms with Gasteiger partial charge < -0.3 is 0 Å². The summed E-state index contributed by atoms with van der Waals surface area (Å²) in [5.41, 5.74) is 1.54. The van der Waals surface area contributed by atoms with E-state index in [1.165, 1.54) is 6.92 Å². The van der Waals surface area contributed by atoms with Crippen LogP contribution in [0.4, 0.5) is 0 Å². The third-order valence-corrected chi connectivity index (χ3v) is 2.19. The zero-order valence-electron chi connectivity index (χ0n) is 8.03. The molecule has 0 spiro atoms. The minimum Gasteiger partial charge on any atom is -0.293 e. The molecule has 0 aliphatic rings. The monoisotopic (exact) mass is 253 g/mol. The van der Waals surface area contributed by atoms with E-state index in [-0.39, 0.29) is 5.78 Å². The molecule has 0 aliphatic heterocycles. The number of Topliss-reactive ketones (excluding diaryl/α,β-unsaturated/α-hetero) is 1. The fraction of sp³-hybridized carbons (Fsp3) is 0.273. The number of halogens is 1. The normalized spacial score (nSPS) is 10.7. The van der Waals surface area contributed by atoms with Crippen LogP contribution in [0.1, 0.15) is 29.4 Å². The summed E-state index contributed by atoms with van der Waals surface area (Å²) in [6.45, 7) is 1.52. The SMILES string of the molecule is CC(=O)c1ccc(C=CCCBr)cn1. The molecule has 0 saturated heterocycles. The zero-order chi connectivity index (χ0) is 10.4. The molecule has 0 radical (unpaired) electrons. The maximum absolute atomic E-state index is 10.9. The number of nitrogens with zero attached hydrogens (tertiary/aromatic N) is 1. The van der Waals surface area contributed by atoms with Crippen LogP contribution in [0, 0.1) is 0 Å². The third-order valence-electron chi connectivity index (χ3n) is 1.73. The molecule has 0 fully saturated rings. The fourth-order valence-corrected chi connectivity index (χ4v) is 1.26. The standard InChI is InChI=1S/C11H12BrNO/c1-9(14)11-6-5-10(8-13-11)4-2-3-7-12/h2,4-6,8H,3,7H2,1H3. The second-order valence-corrected chi connectivity index (χ2v) is 3.71. The van der Waals surface area contributed by atoms with Crippen LogP contribution in [0.3, 0.4) is 0 Å². The molecule has 2 nitrogen and oxygen atoms in total. The molecule has 0 N–H and O–H groups in total. The molecule has 74 valence electrons. The van der Waals surface area contributed by atoms with E-state index in [1.54, 1.807) is 12.3 Å². The van der Waals surface area contributed by atoms with Crippen LogP contribution >= 0.6 is 15.9 Å². The summed E-state index contributed by atoms with van der Waals surface area (Å²) < 4.78 is 0. The summed E-state index contributed by atoms with van der Waals surface area (Å²) in [7, 11) is 0. The Balaban J connectivity index is 2.68. The Morgan fingerprint density at radius 1 is 1.57 bits per heavy atom. The molecule has 1 rings (SSSR count). The smallest absolute Gasteiger partial charge is 0.178 e. The van der Waals surface area contributed by atoms with Crippen molar-refractivity contribution in [3.8, 4) is 0 Å². The van der Waals surface area contributed by atoms with Crippen molar-refractivity contribution in [1.29, 1.82) is 0 Å². The van der Waals surface area contributed by atoms with Crippen molar-refractivity contribution in [2.75, 3.05) is 5.33 Å². The number of aromatic nitrogens is 1. The van der Waals surface area contributed by atoms with Crippen molar-refractivity contribution in [2.24, 2.45) is 0 Å². The van der Waals surface area contributed by atoms with E-state index < -0.39 is 0 Å². The van der Waals surface area contributed by atoms with Crippen LogP contribution in [-0.4, -0.2) is 16.1 Å². The van der Waals surface area contributed by atoms with E-state index in [1.807, 2.05) is 12.1 Å². The van der Waals surface area contributed by atoms with Crippen LogP contribution in [0.25, 0.3) is 6.08 Å². The number of rotatable bonds is 4. The van der Waals surface area contributed by atoms with Crippen LogP contribution in [0.5, 0.6) is 0 Å². The highest BCUT2D eigenvalue weighted by molar-refractivity contribution is 9.09. The first kappa shape index (κ1) is 11.1. The van der Waals surface area contributed by atoms with E-state index >= 15 is 0 Å². The van der Waals surface area contributed by atoms with Crippen molar-refractivity contribution < 1.29 is 4.79 Å². The van der Waals surface area contributed by atoms with Gasteiger partial charge in [-0.1, -0.05) is 34.1 Å². The van der Waals surface area contributed by atoms with Crippen molar-refractivity contribution in [3.05, 3.63) is 35.7 Å². The lowest BCUT2D eigenvalue weighted by atomic mass is 10.2. The molecule has 0 amide bonds. The highest BCUT2D eigenvalue weighted by Gasteiger charge is 1.98. The lowest BCUT2D eigenvalue weighted by Crippen LogP contribution is -1.95. The summed E-state index contributed by atoms with van der Waals surface area (Å²) >= 11 is 3.34. The fourth-order valence-electron chi connectivity index (χ4n) is 0.995. The third kappa shape index (κ3) is 3.42. The molecule has 0 unspecified atom stereocenters. The van der Waals surface area contributed by atoms with Gasteiger partial charge in [-0.2, -0.15) is 0 Å². The molecule has 1 heterocycles. The number of ketones is 1. The number of hydrogen-bond donors (Lipinski definition) is 0. The molecule has 14 heavy (non-hydrogen) atoms. The summed E-state index contributed by atoms with van der Waals surface area (Å²) in [4.78, 5) is 15.0. The van der Waals surface area contributed by atoms with Gasteiger partial charge in [-0.15, -0.1) is 0 Å². The van der Waals surface area contributed by atoms with Gasteiger partial charge in [0.1, 0.15) is 5.69 Å². The lowest BCUT2D eigenvalue weighted by Gasteiger charge is -1.95. The van der Waals surface area contributed by atoms with Crippen molar-refractivity contribution in [3.63, 3.8) is 0 Å². The Bertz CT molecular complexity index is 330. The number of pyridine rings is 1. The predicted octanol–water partition coefficient (Wildman–Crippen LogP) is 3.08. The quantitative estimate of drug-likeness (QED) is 0.610. The molecular formula is C11H12BrNO. The molecular weight excluding hydrogens is 242 g/mol. The van der Waals surface area contributed by atoms with Crippen molar-refractivity contribution in [2.45, 2.75) is 13.3 Å². The molecule has 0 aromatic carbocycles. The minimum absolute atomic E-state index is 0.000915. The number of carbonyl (C=O) groups is 1. The molecule has 3 heteroatoms. The Kier molecular flexibility index (Phi) is 4.53. The summed E-state index contributed by atoms with van der Waals surface area (Å²) in [5.74, 6) is 0.000915. The van der Waals surface area contributed by atoms with Crippen molar-refractivity contribution >= 4 is 27.8 Å². The average Bonchev–Trinajstić information content (AvgIpc) is 2.19. The molecule has 0 atom stereocenters. The van der Waals surface area contributed by atoms with Gasteiger partial charge >= 0.3 is 0 Å². The number of hydrogen-bond acceptors (Lipinski definition) is 2. The Labute approximate surface area is 92.2 Å². The summed E-state index contributed by atoms with van der Waals surface area (Å²) in [6.07, 6.45) is 6.77. The Morgan fingerprint density at radius 3 is 2.86 bits per heavy atom. The maximum Gasteiger partial charge on any atom is 0.178 e. The second kappa shape index (κ2) is 5.70. The van der Waals surface area contributed by atoms with Gasteiger partial charge in [-0.3, -0.25) is 9.78 Å². The van der Waals surface area contributed by atoms with E-state index in [0.717, 1.165) is 17.3 Å². The summed E-state index contributed by atoms with van der Waals surface area (Å²) in [5, 5.41) is 0.961. The molecule has 0 bridgehead atoms. The van der Waals surface area contributed by atoms with E-state index in [2.05, 4.69) is 27.0 Å². The first-order valence-electron chi connectivity index (χ1n) is 4.43. The van der Waals surface area contributed by atoms with Crippen LogP contribution in [-0.2, 0) is 0 Å². The second-order valence-electron chi connectivity index (χ2n) is 2.91. The highest BCUT2D eigenvalue weighted by Crippen LogP contribution is 2.04. The van der Waals surface area contributed by atoms with Gasteiger partial charge in [-0.25, -0.2) is 0 Å². The first-order valence-corrected chi connectivity index (χ1v) is 5.55. The first-order chi connectivity index (χ1) is 6.74. The van der Waals surface area contributed by atoms with Crippen LogP contribution < -0.4 is 0 Å². The van der Waals surface area contributed by atoms with Gasteiger partial charge in [-0.05, 0) is 18.1 Å². The largest absolute Gasteiger partial charge is 0.293 e. The Morgan fingerprint density at radius 2 is 2.36 bits per heavy atom. The van der Waals surface area contributed by atoms with Gasteiger partial charge in [0, 0.05) is 18.5 Å². The van der Waals surface area contributed by atoms with E-state index in [9.17, 15) is 4.79 Å². The molecule has 1 aromatic rings. The van der Waals surface area contributed by atoms with Crippen molar-refractivity contribution in [1.82, 2.24) is 4.98 Å². The van der Waals surface area contributed by atoms with Gasteiger partial charge in [0.05, 0.1) is 0 Å². The lowest BCUT2D eigenvalue weighted by molar-refractivity contribution is 0.101. The maximum atomic E-state index is 10.9. The van der Waals surface area contributed by atoms with Crippen LogP contribution in [0.15, 0.2) is 24.4 Å². The molecule has 1 aromatic heterocycles. The van der Waals surface area contributed by atoms with Gasteiger partial charge in [0.15, 0.2) is 5.78 Å². The van der Waals surface area contributed by atoms with Gasteiger partial charge in [0.2, 0.25) is 0 Å². The average molecular weight is 254 g/mol. The number of carbonyl (C=O) groups excluding carboxylic acids is 1. The number of allylic oxidation sites excluding steroid dienone is 1. The molecule has 0 saturated carbocycles.